The first kappa shape index (κ1) is 8.27. The van der Waals surface area contributed by atoms with Crippen LogP contribution in [0.1, 0.15) is 12.8 Å². The van der Waals surface area contributed by atoms with Crippen LogP contribution in [0.5, 0.6) is 0 Å². The molecule has 62 valence electrons. The summed E-state index contributed by atoms with van der Waals surface area (Å²) in [5.74, 6) is 0.224. The number of rotatable bonds is 3. The van der Waals surface area contributed by atoms with E-state index >= 15 is 0 Å². The summed E-state index contributed by atoms with van der Waals surface area (Å²) in [4.78, 5) is 12.9. The first-order valence-corrected chi connectivity index (χ1v) is 3.90. The van der Waals surface area contributed by atoms with E-state index in [4.69, 9.17) is 5.73 Å². The second kappa shape index (κ2) is 3.53. The molecule has 3 nitrogen and oxygen atoms in total. The predicted octanol–water partition coefficient (Wildman–Crippen LogP) is 0.122. The van der Waals surface area contributed by atoms with Gasteiger partial charge in [-0.25, -0.2) is 0 Å². The number of hydrogen-bond donors (Lipinski definition) is 1. The summed E-state index contributed by atoms with van der Waals surface area (Å²) in [6.07, 6.45) is 3.33. The molecule has 0 aromatic heterocycles. The zero-order valence-electron chi connectivity index (χ0n) is 6.62. The Labute approximate surface area is 66.9 Å². The van der Waals surface area contributed by atoms with Gasteiger partial charge in [-0.05, 0) is 6.42 Å². The Balaban J connectivity index is 2.36. The smallest absolute Gasteiger partial charge is 0.222 e. The van der Waals surface area contributed by atoms with Crippen molar-refractivity contribution >= 4 is 5.91 Å². The molecule has 0 aromatic carbocycles. The molecule has 1 saturated heterocycles. The van der Waals surface area contributed by atoms with Crippen LogP contribution in [0.3, 0.4) is 0 Å². The normalized spacial score (nSPS) is 20.5. The quantitative estimate of drug-likeness (QED) is 0.587. The fourth-order valence-electron chi connectivity index (χ4n) is 1.23. The summed E-state index contributed by atoms with van der Waals surface area (Å²) in [5, 5.41) is 0. The number of hydrogen-bond acceptors (Lipinski definition) is 2. The monoisotopic (exact) mass is 154 g/mol. The highest BCUT2D eigenvalue weighted by atomic mass is 16.2. The van der Waals surface area contributed by atoms with E-state index in [-0.39, 0.29) is 11.9 Å². The van der Waals surface area contributed by atoms with E-state index in [2.05, 4.69) is 6.58 Å². The van der Waals surface area contributed by atoms with Crippen molar-refractivity contribution in [2.24, 2.45) is 5.73 Å². The standard InChI is InChI=1S/C8H14N2O/c1-2-7(9)6-10-5-3-4-8(10)11/h2,7H,1,3-6,9H2/t7-/m0/s1. The van der Waals surface area contributed by atoms with Crippen LogP contribution in [-0.2, 0) is 4.79 Å². The van der Waals surface area contributed by atoms with Gasteiger partial charge in [0, 0.05) is 25.6 Å². The molecule has 0 bridgehead atoms. The van der Waals surface area contributed by atoms with Gasteiger partial charge in [0.2, 0.25) is 5.91 Å². The summed E-state index contributed by atoms with van der Waals surface area (Å²) in [7, 11) is 0. The molecule has 0 aliphatic carbocycles. The van der Waals surface area contributed by atoms with E-state index in [0.29, 0.717) is 13.0 Å². The van der Waals surface area contributed by atoms with Gasteiger partial charge in [-0.2, -0.15) is 0 Å². The molecule has 1 atom stereocenters. The lowest BCUT2D eigenvalue weighted by atomic mass is 10.3. The number of amides is 1. The first-order chi connectivity index (χ1) is 5.24. The van der Waals surface area contributed by atoms with Crippen LogP contribution in [0.15, 0.2) is 12.7 Å². The molecule has 1 fully saturated rings. The van der Waals surface area contributed by atoms with Crippen molar-refractivity contribution in [3.63, 3.8) is 0 Å². The van der Waals surface area contributed by atoms with Gasteiger partial charge in [0.05, 0.1) is 0 Å². The molecule has 1 amide bonds. The number of carbonyl (C=O) groups is 1. The van der Waals surface area contributed by atoms with Crippen LogP contribution < -0.4 is 5.73 Å². The molecule has 0 saturated carbocycles. The number of likely N-dealkylation sites (tertiary alicyclic amines) is 1. The Morgan fingerprint density at radius 2 is 2.55 bits per heavy atom. The maximum Gasteiger partial charge on any atom is 0.222 e. The van der Waals surface area contributed by atoms with Crippen molar-refractivity contribution in [3.8, 4) is 0 Å². The van der Waals surface area contributed by atoms with Crippen molar-refractivity contribution < 1.29 is 4.79 Å². The molecule has 0 unspecified atom stereocenters. The molecule has 3 heteroatoms. The Bertz CT molecular complexity index is 167. The van der Waals surface area contributed by atoms with E-state index in [9.17, 15) is 4.79 Å². The van der Waals surface area contributed by atoms with Crippen LogP contribution in [0.25, 0.3) is 0 Å². The molecule has 2 N–H and O–H groups in total. The van der Waals surface area contributed by atoms with E-state index in [0.717, 1.165) is 13.0 Å². The Morgan fingerprint density at radius 3 is 3.00 bits per heavy atom. The summed E-state index contributed by atoms with van der Waals surface area (Å²) in [6, 6.07) is -0.0722. The van der Waals surface area contributed by atoms with Gasteiger partial charge in [-0.1, -0.05) is 6.08 Å². The summed E-state index contributed by atoms with van der Waals surface area (Å²) in [5.41, 5.74) is 5.60. The number of nitrogens with zero attached hydrogens (tertiary/aromatic N) is 1. The lowest BCUT2D eigenvalue weighted by molar-refractivity contribution is -0.127. The fraction of sp³-hybridized carbons (Fsp3) is 0.625. The number of nitrogens with two attached hydrogens (primary N) is 1. The largest absolute Gasteiger partial charge is 0.341 e. The van der Waals surface area contributed by atoms with Crippen LogP contribution in [-0.4, -0.2) is 29.9 Å². The van der Waals surface area contributed by atoms with Crippen molar-refractivity contribution in [1.29, 1.82) is 0 Å². The molecule has 1 aliphatic rings. The van der Waals surface area contributed by atoms with Crippen molar-refractivity contribution in [2.75, 3.05) is 13.1 Å². The average molecular weight is 154 g/mol. The average Bonchev–Trinajstić information content (AvgIpc) is 2.37. The Kier molecular flexibility index (Phi) is 2.65. The van der Waals surface area contributed by atoms with Gasteiger partial charge in [-0.3, -0.25) is 4.79 Å². The van der Waals surface area contributed by atoms with Gasteiger partial charge in [0.25, 0.3) is 0 Å². The third-order valence-electron chi connectivity index (χ3n) is 1.91. The zero-order valence-corrected chi connectivity index (χ0v) is 6.62. The number of carbonyl (C=O) groups excluding carboxylic acids is 1. The highest BCUT2D eigenvalue weighted by Crippen LogP contribution is 2.09. The molecule has 0 aromatic rings. The summed E-state index contributed by atoms with van der Waals surface area (Å²) < 4.78 is 0. The van der Waals surface area contributed by atoms with E-state index < -0.39 is 0 Å². The van der Waals surface area contributed by atoms with Crippen molar-refractivity contribution in [1.82, 2.24) is 4.90 Å². The van der Waals surface area contributed by atoms with Crippen molar-refractivity contribution in [3.05, 3.63) is 12.7 Å². The highest BCUT2D eigenvalue weighted by molar-refractivity contribution is 5.78. The van der Waals surface area contributed by atoms with Gasteiger partial charge >= 0.3 is 0 Å². The Hall–Kier alpha value is -0.830. The first-order valence-electron chi connectivity index (χ1n) is 3.90. The molecule has 1 heterocycles. The van der Waals surface area contributed by atoms with Crippen LogP contribution in [0.2, 0.25) is 0 Å². The predicted molar refractivity (Wildman–Crippen MR) is 44.0 cm³/mol. The van der Waals surface area contributed by atoms with Gasteiger partial charge in [-0.15, -0.1) is 6.58 Å². The molecule has 1 aliphatic heterocycles. The molecule has 0 spiro atoms. The van der Waals surface area contributed by atoms with Crippen LogP contribution >= 0.6 is 0 Å². The second-order valence-electron chi connectivity index (χ2n) is 2.84. The minimum Gasteiger partial charge on any atom is -0.341 e. The third-order valence-corrected chi connectivity index (χ3v) is 1.91. The minimum atomic E-state index is -0.0722. The van der Waals surface area contributed by atoms with Gasteiger partial charge in [0.15, 0.2) is 0 Å². The van der Waals surface area contributed by atoms with Crippen LogP contribution in [0.4, 0.5) is 0 Å². The van der Waals surface area contributed by atoms with Crippen LogP contribution in [0, 0.1) is 0 Å². The zero-order chi connectivity index (χ0) is 8.27. The van der Waals surface area contributed by atoms with E-state index in [1.807, 2.05) is 0 Å². The molecular weight excluding hydrogens is 140 g/mol. The maximum absolute atomic E-state index is 11.1. The molecule has 11 heavy (non-hydrogen) atoms. The summed E-state index contributed by atoms with van der Waals surface area (Å²) >= 11 is 0. The van der Waals surface area contributed by atoms with Gasteiger partial charge in [0.1, 0.15) is 0 Å². The van der Waals surface area contributed by atoms with Crippen molar-refractivity contribution in [2.45, 2.75) is 18.9 Å². The summed E-state index contributed by atoms with van der Waals surface area (Å²) in [6.45, 7) is 5.05. The SMILES string of the molecule is C=C[C@H](N)CN1CCCC1=O. The lowest BCUT2D eigenvalue weighted by Gasteiger charge is -2.17. The van der Waals surface area contributed by atoms with Gasteiger partial charge < -0.3 is 10.6 Å². The van der Waals surface area contributed by atoms with E-state index in [1.165, 1.54) is 0 Å². The lowest BCUT2D eigenvalue weighted by Crippen LogP contribution is -2.36. The highest BCUT2D eigenvalue weighted by Gasteiger charge is 2.20. The maximum atomic E-state index is 11.1. The third kappa shape index (κ3) is 2.05. The molecule has 1 rings (SSSR count). The molecular formula is C8H14N2O. The second-order valence-corrected chi connectivity index (χ2v) is 2.84. The molecule has 0 radical (unpaired) electrons. The fourth-order valence-corrected chi connectivity index (χ4v) is 1.23. The Morgan fingerprint density at radius 1 is 1.82 bits per heavy atom. The topological polar surface area (TPSA) is 46.3 Å². The van der Waals surface area contributed by atoms with E-state index in [1.54, 1.807) is 11.0 Å². The minimum absolute atomic E-state index is 0.0722.